The Bertz CT molecular complexity index is 597. The molecule has 0 N–H and O–H groups in total. The minimum absolute atomic E-state index is 0.190. The van der Waals surface area contributed by atoms with Gasteiger partial charge in [0.05, 0.1) is 11.3 Å². The first-order valence-electron chi connectivity index (χ1n) is 5.68. The normalized spacial score (nSPS) is 15.1. The van der Waals surface area contributed by atoms with Gasteiger partial charge in [0.1, 0.15) is 10.7 Å². The Hall–Kier alpha value is -1.49. The van der Waals surface area contributed by atoms with Gasteiger partial charge in [-0.05, 0) is 19.8 Å². The highest BCUT2D eigenvalue weighted by Gasteiger charge is 2.23. The summed E-state index contributed by atoms with van der Waals surface area (Å²) >= 11 is 1.63. The molecule has 0 bridgehead atoms. The average Bonchev–Trinajstić information content (AvgIpc) is 2.82. The predicted molar refractivity (Wildman–Crippen MR) is 66.3 cm³/mol. The van der Waals surface area contributed by atoms with Gasteiger partial charge in [-0.15, -0.1) is 11.3 Å². The largest absolute Gasteiger partial charge is 0.292 e. The van der Waals surface area contributed by atoms with Crippen molar-refractivity contribution in [1.29, 1.82) is 0 Å². The van der Waals surface area contributed by atoms with E-state index >= 15 is 0 Å². The molecule has 0 spiro atoms. The van der Waals surface area contributed by atoms with Crippen LogP contribution in [0.25, 0.3) is 10.6 Å². The highest BCUT2D eigenvalue weighted by atomic mass is 32.1. The van der Waals surface area contributed by atoms with Crippen LogP contribution < -0.4 is 0 Å². The molecule has 88 valence electrons. The van der Waals surface area contributed by atoms with Crippen molar-refractivity contribution in [3.63, 3.8) is 0 Å². The molecule has 0 radical (unpaired) electrons. The minimum Gasteiger partial charge on any atom is -0.292 e. The lowest BCUT2D eigenvalue weighted by Gasteiger charge is -2.06. The maximum Gasteiger partial charge on any atom is 0.182 e. The zero-order valence-corrected chi connectivity index (χ0v) is 10.7. The molecule has 0 aliphatic heterocycles. The minimum atomic E-state index is 0.190. The smallest absolute Gasteiger partial charge is 0.182 e. The van der Waals surface area contributed by atoms with Crippen LogP contribution in [0.4, 0.5) is 0 Å². The number of nitrogens with zero attached hydrogens (tertiary/aromatic N) is 3. The van der Waals surface area contributed by atoms with Crippen molar-refractivity contribution in [2.75, 3.05) is 0 Å². The SMILES string of the molecule is Cc1nn(C)cc1-c1nc2c(s1)CCCC2=O. The van der Waals surface area contributed by atoms with Gasteiger partial charge in [-0.1, -0.05) is 0 Å². The first-order chi connectivity index (χ1) is 8.15. The molecule has 0 fully saturated rings. The third-order valence-corrected chi connectivity index (χ3v) is 4.16. The quantitative estimate of drug-likeness (QED) is 0.777. The Balaban J connectivity index is 2.11. The molecule has 0 saturated carbocycles. The van der Waals surface area contributed by atoms with Crippen LogP contribution in [0.2, 0.25) is 0 Å². The number of hydrogen-bond donors (Lipinski definition) is 0. The van der Waals surface area contributed by atoms with E-state index in [-0.39, 0.29) is 5.78 Å². The number of aromatic nitrogens is 3. The first-order valence-corrected chi connectivity index (χ1v) is 6.50. The van der Waals surface area contributed by atoms with E-state index < -0.39 is 0 Å². The molecule has 0 saturated heterocycles. The van der Waals surface area contributed by atoms with Crippen LogP contribution in [0, 0.1) is 6.92 Å². The van der Waals surface area contributed by atoms with E-state index in [0.29, 0.717) is 12.1 Å². The van der Waals surface area contributed by atoms with Gasteiger partial charge in [-0.25, -0.2) is 4.98 Å². The molecule has 2 heterocycles. The number of ketones is 1. The number of thiazole rings is 1. The van der Waals surface area contributed by atoms with Crippen LogP contribution in [0.15, 0.2) is 6.20 Å². The van der Waals surface area contributed by atoms with Crippen molar-refractivity contribution in [3.8, 4) is 10.6 Å². The van der Waals surface area contributed by atoms with Crippen LogP contribution in [0.5, 0.6) is 0 Å². The number of aryl methyl sites for hydroxylation is 3. The third kappa shape index (κ3) is 1.70. The van der Waals surface area contributed by atoms with Crippen molar-refractivity contribution in [2.45, 2.75) is 26.2 Å². The van der Waals surface area contributed by atoms with Gasteiger partial charge in [-0.2, -0.15) is 5.10 Å². The highest BCUT2D eigenvalue weighted by Crippen LogP contribution is 2.33. The molecule has 4 nitrogen and oxygen atoms in total. The van der Waals surface area contributed by atoms with E-state index in [1.54, 1.807) is 16.0 Å². The Kier molecular flexibility index (Phi) is 2.36. The van der Waals surface area contributed by atoms with E-state index in [2.05, 4.69) is 10.1 Å². The van der Waals surface area contributed by atoms with Crippen molar-refractivity contribution < 1.29 is 4.79 Å². The standard InChI is InChI=1S/C12H13N3OS/c1-7-8(6-15(2)14-7)12-13-11-9(16)4-3-5-10(11)17-12/h6H,3-5H2,1-2H3. The average molecular weight is 247 g/mol. The van der Waals surface area contributed by atoms with E-state index in [1.807, 2.05) is 20.2 Å². The fraction of sp³-hybridized carbons (Fsp3) is 0.417. The Labute approximate surface area is 103 Å². The summed E-state index contributed by atoms with van der Waals surface area (Å²) in [4.78, 5) is 17.4. The zero-order valence-electron chi connectivity index (χ0n) is 9.86. The summed E-state index contributed by atoms with van der Waals surface area (Å²) in [7, 11) is 1.90. The first kappa shape index (κ1) is 10.7. The van der Waals surface area contributed by atoms with Gasteiger partial charge in [0.25, 0.3) is 0 Å². The van der Waals surface area contributed by atoms with Gasteiger partial charge in [0.2, 0.25) is 0 Å². The van der Waals surface area contributed by atoms with Crippen molar-refractivity contribution >= 4 is 17.1 Å². The second kappa shape index (κ2) is 3.77. The number of fused-ring (bicyclic) bond motifs is 1. The van der Waals surface area contributed by atoms with Crippen LogP contribution in [0.3, 0.4) is 0 Å². The summed E-state index contributed by atoms with van der Waals surface area (Å²) in [6.45, 7) is 1.97. The molecular weight excluding hydrogens is 234 g/mol. The molecule has 0 aromatic carbocycles. The molecule has 1 aliphatic carbocycles. The molecule has 2 aromatic rings. The summed E-state index contributed by atoms with van der Waals surface area (Å²) in [6, 6.07) is 0. The lowest BCUT2D eigenvalue weighted by atomic mass is 10.0. The number of hydrogen-bond acceptors (Lipinski definition) is 4. The van der Waals surface area contributed by atoms with Crippen LogP contribution in [0.1, 0.15) is 33.9 Å². The molecule has 5 heteroatoms. The van der Waals surface area contributed by atoms with Gasteiger partial charge < -0.3 is 0 Å². The lowest BCUT2D eigenvalue weighted by molar-refractivity contribution is 0.0968. The van der Waals surface area contributed by atoms with E-state index in [9.17, 15) is 4.79 Å². The maximum absolute atomic E-state index is 11.7. The Morgan fingerprint density at radius 1 is 1.41 bits per heavy atom. The number of Topliss-reactive ketones (excluding diaryl/α,β-unsaturated/α-hetero) is 1. The fourth-order valence-electron chi connectivity index (χ4n) is 2.19. The predicted octanol–water partition coefficient (Wildman–Crippen LogP) is 2.37. The van der Waals surface area contributed by atoms with Crippen LogP contribution >= 0.6 is 11.3 Å². The molecule has 3 rings (SSSR count). The summed E-state index contributed by atoms with van der Waals surface area (Å²) < 4.78 is 1.78. The fourth-order valence-corrected chi connectivity index (χ4v) is 3.37. The summed E-state index contributed by atoms with van der Waals surface area (Å²) in [5, 5.41) is 5.24. The van der Waals surface area contributed by atoms with Crippen LogP contribution in [-0.4, -0.2) is 20.5 Å². The Morgan fingerprint density at radius 2 is 2.24 bits per heavy atom. The molecular formula is C12H13N3OS. The molecule has 0 unspecified atom stereocenters. The molecule has 0 atom stereocenters. The van der Waals surface area contributed by atoms with Gasteiger partial charge in [0.15, 0.2) is 5.78 Å². The van der Waals surface area contributed by atoms with E-state index in [4.69, 9.17) is 0 Å². The lowest BCUT2D eigenvalue weighted by Crippen LogP contribution is -2.08. The van der Waals surface area contributed by atoms with Crippen molar-refractivity contribution in [1.82, 2.24) is 14.8 Å². The maximum atomic E-state index is 11.7. The number of carbonyl (C=O) groups excluding carboxylic acids is 1. The number of rotatable bonds is 1. The monoisotopic (exact) mass is 247 g/mol. The molecule has 2 aromatic heterocycles. The summed E-state index contributed by atoms with van der Waals surface area (Å²) in [5.74, 6) is 0.190. The molecule has 1 aliphatic rings. The van der Waals surface area contributed by atoms with E-state index in [0.717, 1.165) is 34.0 Å². The topological polar surface area (TPSA) is 47.8 Å². The van der Waals surface area contributed by atoms with Crippen molar-refractivity contribution in [3.05, 3.63) is 22.5 Å². The van der Waals surface area contributed by atoms with Crippen LogP contribution in [-0.2, 0) is 13.5 Å². The molecule has 17 heavy (non-hydrogen) atoms. The Morgan fingerprint density at radius 3 is 2.88 bits per heavy atom. The van der Waals surface area contributed by atoms with Gasteiger partial charge >= 0.3 is 0 Å². The number of carbonyl (C=O) groups is 1. The van der Waals surface area contributed by atoms with E-state index in [1.165, 1.54) is 0 Å². The van der Waals surface area contributed by atoms with Crippen molar-refractivity contribution in [2.24, 2.45) is 7.05 Å². The zero-order chi connectivity index (χ0) is 12.0. The third-order valence-electron chi connectivity index (χ3n) is 3.01. The second-order valence-corrected chi connectivity index (χ2v) is 5.45. The summed E-state index contributed by atoms with van der Waals surface area (Å²) in [6.07, 6.45) is 4.55. The van der Waals surface area contributed by atoms with Gasteiger partial charge in [-0.3, -0.25) is 9.48 Å². The molecule has 0 amide bonds. The highest BCUT2D eigenvalue weighted by molar-refractivity contribution is 7.15. The van der Waals surface area contributed by atoms with Gasteiger partial charge in [0, 0.05) is 24.5 Å². The second-order valence-electron chi connectivity index (χ2n) is 4.37. The summed E-state index contributed by atoms with van der Waals surface area (Å²) in [5.41, 5.74) is 2.70.